The second-order valence-corrected chi connectivity index (χ2v) is 3.87. The predicted molar refractivity (Wildman–Crippen MR) is 59.4 cm³/mol. The summed E-state index contributed by atoms with van der Waals surface area (Å²) >= 11 is 0. The van der Waals surface area contributed by atoms with E-state index in [0.717, 1.165) is 13.2 Å². The Labute approximate surface area is 87.8 Å². The van der Waals surface area contributed by atoms with E-state index >= 15 is 0 Å². The van der Waals surface area contributed by atoms with Gasteiger partial charge in [-0.3, -0.25) is 0 Å². The van der Waals surface area contributed by atoms with Gasteiger partial charge in [0.25, 0.3) is 0 Å². The van der Waals surface area contributed by atoms with Crippen LogP contribution < -0.4 is 5.32 Å². The Bertz CT molecular complexity index is 120. The van der Waals surface area contributed by atoms with Gasteiger partial charge in [-0.05, 0) is 18.9 Å². The minimum atomic E-state index is 0.0915. The summed E-state index contributed by atoms with van der Waals surface area (Å²) in [7, 11) is 0. The molecule has 3 heteroatoms. The number of likely N-dealkylation sites (N-methyl/N-ethyl adjacent to an activating group) is 1. The normalized spacial score (nSPS) is 15.4. The number of rotatable bonds is 9. The number of nitrogens with one attached hydrogen (secondary N) is 1. The molecule has 0 saturated carbocycles. The van der Waals surface area contributed by atoms with Gasteiger partial charge >= 0.3 is 0 Å². The standard InChI is InChI=1S/C11H25NO2/c1-4-6-10(3)8-14-9-11(7-13)12-5-2/h10-13H,4-9H2,1-3H3. The van der Waals surface area contributed by atoms with E-state index in [-0.39, 0.29) is 12.6 Å². The molecule has 0 fully saturated rings. The van der Waals surface area contributed by atoms with E-state index in [9.17, 15) is 0 Å². The van der Waals surface area contributed by atoms with E-state index in [0.29, 0.717) is 12.5 Å². The lowest BCUT2D eigenvalue weighted by Gasteiger charge is -2.17. The lowest BCUT2D eigenvalue weighted by molar-refractivity contribution is 0.0674. The van der Waals surface area contributed by atoms with Gasteiger partial charge in [-0.2, -0.15) is 0 Å². The third kappa shape index (κ3) is 7.30. The number of hydrogen-bond donors (Lipinski definition) is 2. The molecule has 2 atom stereocenters. The Morgan fingerprint density at radius 2 is 2.00 bits per heavy atom. The molecule has 0 bridgehead atoms. The number of ether oxygens (including phenoxy) is 1. The van der Waals surface area contributed by atoms with Crippen molar-refractivity contribution in [3.05, 3.63) is 0 Å². The van der Waals surface area contributed by atoms with Gasteiger partial charge in [0.15, 0.2) is 0 Å². The van der Waals surface area contributed by atoms with E-state index in [1.807, 2.05) is 6.92 Å². The summed E-state index contributed by atoms with van der Waals surface area (Å²) in [6, 6.07) is 0.0915. The molecule has 0 aliphatic carbocycles. The zero-order valence-electron chi connectivity index (χ0n) is 9.75. The van der Waals surface area contributed by atoms with Crippen molar-refractivity contribution in [2.75, 3.05) is 26.4 Å². The first-order valence-corrected chi connectivity index (χ1v) is 5.66. The number of hydrogen-bond acceptors (Lipinski definition) is 3. The molecule has 14 heavy (non-hydrogen) atoms. The Morgan fingerprint density at radius 3 is 2.50 bits per heavy atom. The largest absolute Gasteiger partial charge is 0.395 e. The minimum Gasteiger partial charge on any atom is -0.395 e. The van der Waals surface area contributed by atoms with Gasteiger partial charge in [0, 0.05) is 6.61 Å². The summed E-state index contributed by atoms with van der Waals surface area (Å²) in [4.78, 5) is 0. The first-order valence-electron chi connectivity index (χ1n) is 5.66. The second kappa shape index (κ2) is 9.44. The summed E-state index contributed by atoms with van der Waals surface area (Å²) in [5.41, 5.74) is 0. The molecule has 0 saturated heterocycles. The van der Waals surface area contributed by atoms with Crippen LogP contribution >= 0.6 is 0 Å². The number of aliphatic hydroxyl groups excluding tert-OH is 1. The van der Waals surface area contributed by atoms with Crippen LogP contribution in [0.25, 0.3) is 0 Å². The first kappa shape index (κ1) is 13.9. The molecule has 0 radical (unpaired) electrons. The monoisotopic (exact) mass is 203 g/mol. The summed E-state index contributed by atoms with van der Waals surface area (Å²) < 4.78 is 5.53. The van der Waals surface area contributed by atoms with Crippen molar-refractivity contribution < 1.29 is 9.84 Å². The molecule has 0 rings (SSSR count). The van der Waals surface area contributed by atoms with Crippen molar-refractivity contribution in [1.29, 1.82) is 0 Å². The molecule has 0 heterocycles. The zero-order chi connectivity index (χ0) is 10.8. The minimum absolute atomic E-state index is 0.0915. The second-order valence-electron chi connectivity index (χ2n) is 3.87. The Kier molecular flexibility index (Phi) is 9.35. The van der Waals surface area contributed by atoms with Crippen molar-refractivity contribution in [3.63, 3.8) is 0 Å². The van der Waals surface area contributed by atoms with Gasteiger partial charge in [-0.25, -0.2) is 0 Å². The van der Waals surface area contributed by atoms with E-state index in [2.05, 4.69) is 19.2 Å². The highest BCUT2D eigenvalue weighted by molar-refractivity contribution is 4.63. The fourth-order valence-corrected chi connectivity index (χ4v) is 1.45. The summed E-state index contributed by atoms with van der Waals surface area (Å²) in [6.45, 7) is 8.85. The van der Waals surface area contributed by atoms with Crippen molar-refractivity contribution in [2.24, 2.45) is 5.92 Å². The molecule has 0 aliphatic rings. The smallest absolute Gasteiger partial charge is 0.0642 e. The predicted octanol–water partition coefficient (Wildman–Crippen LogP) is 1.41. The maximum absolute atomic E-state index is 8.98. The maximum atomic E-state index is 8.98. The van der Waals surface area contributed by atoms with Crippen molar-refractivity contribution >= 4 is 0 Å². The number of aliphatic hydroxyl groups is 1. The third-order valence-corrected chi connectivity index (χ3v) is 2.22. The highest BCUT2D eigenvalue weighted by Crippen LogP contribution is 2.05. The fourth-order valence-electron chi connectivity index (χ4n) is 1.45. The molecule has 0 aliphatic heterocycles. The van der Waals surface area contributed by atoms with E-state index in [1.54, 1.807) is 0 Å². The summed E-state index contributed by atoms with van der Waals surface area (Å²) in [5, 5.41) is 12.1. The van der Waals surface area contributed by atoms with Crippen LogP contribution in [0.15, 0.2) is 0 Å². The van der Waals surface area contributed by atoms with Crippen LogP contribution in [0.3, 0.4) is 0 Å². The fraction of sp³-hybridized carbons (Fsp3) is 1.00. The molecule has 0 aromatic carbocycles. The van der Waals surface area contributed by atoms with Crippen molar-refractivity contribution in [1.82, 2.24) is 5.32 Å². The van der Waals surface area contributed by atoms with Crippen molar-refractivity contribution in [3.8, 4) is 0 Å². The summed E-state index contributed by atoms with van der Waals surface area (Å²) in [6.07, 6.45) is 2.42. The average Bonchev–Trinajstić information content (AvgIpc) is 2.17. The van der Waals surface area contributed by atoms with Gasteiger partial charge in [0.1, 0.15) is 0 Å². The lowest BCUT2D eigenvalue weighted by Crippen LogP contribution is -2.36. The molecule has 0 amide bonds. The zero-order valence-corrected chi connectivity index (χ0v) is 9.75. The highest BCUT2D eigenvalue weighted by atomic mass is 16.5. The van der Waals surface area contributed by atoms with Crippen LogP contribution in [0.2, 0.25) is 0 Å². The maximum Gasteiger partial charge on any atom is 0.0642 e. The SMILES string of the molecule is CCCC(C)COCC(CO)NCC. The Morgan fingerprint density at radius 1 is 1.29 bits per heavy atom. The van der Waals surface area contributed by atoms with Gasteiger partial charge in [-0.1, -0.05) is 27.2 Å². The molecular weight excluding hydrogens is 178 g/mol. The van der Waals surface area contributed by atoms with E-state index in [4.69, 9.17) is 9.84 Å². The van der Waals surface area contributed by atoms with E-state index < -0.39 is 0 Å². The van der Waals surface area contributed by atoms with Crippen LogP contribution in [0.5, 0.6) is 0 Å². The molecule has 86 valence electrons. The Hall–Kier alpha value is -0.120. The molecule has 2 unspecified atom stereocenters. The molecule has 3 nitrogen and oxygen atoms in total. The quantitative estimate of drug-likeness (QED) is 0.595. The molecule has 0 spiro atoms. The average molecular weight is 203 g/mol. The van der Waals surface area contributed by atoms with Crippen molar-refractivity contribution in [2.45, 2.75) is 39.7 Å². The van der Waals surface area contributed by atoms with Crippen LogP contribution in [-0.2, 0) is 4.74 Å². The molecule has 0 aromatic rings. The van der Waals surface area contributed by atoms with Crippen LogP contribution in [0.4, 0.5) is 0 Å². The van der Waals surface area contributed by atoms with Gasteiger partial charge < -0.3 is 15.2 Å². The molecular formula is C11H25NO2. The van der Waals surface area contributed by atoms with Crippen LogP contribution in [0.1, 0.15) is 33.6 Å². The highest BCUT2D eigenvalue weighted by Gasteiger charge is 2.06. The Balaban J connectivity index is 3.40. The topological polar surface area (TPSA) is 41.5 Å². The lowest BCUT2D eigenvalue weighted by atomic mass is 10.1. The molecule has 2 N–H and O–H groups in total. The van der Waals surface area contributed by atoms with Gasteiger partial charge in [0.05, 0.1) is 19.3 Å². The molecule has 0 aromatic heterocycles. The van der Waals surface area contributed by atoms with Crippen LogP contribution in [0, 0.1) is 5.92 Å². The van der Waals surface area contributed by atoms with Crippen LogP contribution in [-0.4, -0.2) is 37.5 Å². The van der Waals surface area contributed by atoms with Gasteiger partial charge in [0.2, 0.25) is 0 Å². The summed E-state index contributed by atoms with van der Waals surface area (Å²) in [5.74, 6) is 0.626. The van der Waals surface area contributed by atoms with Gasteiger partial charge in [-0.15, -0.1) is 0 Å². The third-order valence-electron chi connectivity index (χ3n) is 2.22. The first-order chi connectivity index (χ1) is 6.74. The van der Waals surface area contributed by atoms with E-state index in [1.165, 1.54) is 12.8 Å².